The van der Waals surface area contributed by atoms with E-state index in [2.05, 4.69) is 15.8 Å². The molecule has 0 spiro atoms. The van der Waals surface area contributed by atoms with Crippen molar-refractivity contribution in [2.45, 2.75) is 6.42 Å². The molecule has 0 saturated carbocycles. The number of rotatable bonds is 10. The highest BCUT2D eigenvalue weighted by molar-refractivity contribution is 6.30. The Morgan fingerprint density at radius 3 is 2.31 bits per heavy atom. The van der Waals surface area contributed by atoms with Gasteiger partial charge in [0, 0.05) is 34.0 Å². The molecule has 2 amide bonds. The van der Waals surface area contributed by atoms with Crippen LogP contribution in [0.15, 0.2) is 108 Å². The van der Waals surface area contributed by atoms with Crippen molar-refractivity contribution < 1.29 is 24.0 Å². The first kappa shape index (κ1) is 29.4. The highest BCUT2D eigenvalue weighted by Crippen LogP contribution is 2.30. The van der Waals surface area contributed by atoms with Crippen molar-refractivity contribution in [2.24, 2.45) is 5.10 Å². The summed E-state index contributed by atoms with van der Waals surface area (Å²) in [5.74, 6) is -1.95. The first-order chi connectivity index (χ1) is 20.3. The third-order valence-electron chi connectivity index (χ3n) is 5.71. The average Bonchev–Trinajstić information content (AvgIpc) is 2.98. The molecule has 4 rings (SSSR count). The topological polar surface area (TPSA) is 140 Å². The predicted octanol–water partition coefficient (Wildman–Crippen LogP) is 5.81. The van der Waals surface area contributed by atoms with E-state index in [-0.39, 0.29) is 29.2 Å². The maximum atomic E-state index is 12.6. The van der Waals surface area contributed by atoms with Gasteiger partial charge in [-0.15, -0.1) is 0 Å². The monoisotopic (exact) mass is 582 g/mol. The molecular formula is C31H23ClN4O6. The molecule has 10 nitrogen and oxygen atoms in total. The van der Waals surface area contributed by atoms with E-state index in [0.717, 1.165) is 17.9 Å². The summed E-state index contributed by atoms with van der Waals surface area (Å²) in [5.41, 5.74) is 4.29. The summed E-state index contributed by atoms with van der Waals surface area (Å²) in [7, 11) is 0. The summed E-state index contributed by atoms with van der Waals surface area (Å²) in [5, 5.41) is 18.7. The number of nitrogens with one attached hydrogen (secondary N) is 2. The van der Waals surface area contributed by atoms with Gasteiger partial charge in [-0.1, -0.05) is 60.1 Å². The zero-order valence-corrected chi connectivity index (χ0v) is 22.7. The minimum absolute atomic E-state index is 0.0919. The van der Waals surface area contributed by atoms with Crippen LogP contribution in [0.25, 0.3) is 6.08 Å². The van der Waals surface area contributed by atoms with E-state index >= 15 is 0 Å². The van der Waals surface area contributed by atoms with Gasteiger partial charge in [0.25, 0.3) is 5.91 Å². The number of hydrazone groups is 1. The van der Waals surface area contributed by atoms with Gasteiger partial charge in [0.2, 0.25) is 11.7 Å². The molecule has 4 aromatic rings. The quantitative estimate of drug-likeness (QED) is 0.0603. The number of ether oxygens (including phenoxy) is 1. The van der Waals surface area contributed by atoms with Gasteiger partial charge in [0.05, 0.1) is 17.6 Å². The van der Waals surface area contributed by atoms with Crippen LogP contribution in [0.3, 0.4) is 0 Å². The van der Waals surface area contributed by atoms with Gasteiger partial charge in [0.15, 0.2) is 0 Å². The molecule has 42 heavy (non-hydrogen) atoms. The Hall–Kier alpha value is -5.61. The number of benzene rings is 4. The number of carbonyl (C=O) groups is 3. The number of hydrogen-bond donors (Lipinski definition) is 2. The normalized spacial score (nSPS) is 10.9. The number of para-hydroxylation sites is 1. The van der Waals surface area contributed by atoms with E-state index in [0.29, 0.717) is 16.3 Å². The summed E-state index contributed by atoms with van der Waals surface area (Å²) in [6.45, 7) is 0. The van der Waals surface area contributed by atoms with E-state index in [1.807, 2.05) is 30.3 Å². The summed E-state index contributed by atoms with van der Waals surface area (Å²) >= 11 is 5.86. The summed E-state index contributed by atoms with van der Waals surface area (Å²) in [6.07, 6.45) is 3.94. The second kappa shape index (κ2) is 14.1. The maximum Gasteiger partial charge on any atom is 0.336 e. The lowest BCUT2D eigenvalue weighted by Crippen LogP contribution is -2.18. The van der Waals surface area contributed by atoms with Crippen LogP contribution in [0.5, 0.6) is 5.75 Å². The predicted molar refractivity (Wildman–Crippen MR) is 159 cm³/mol. The van der Waals surface area contributed by atoms with Gasteiger partial charge < -0.3 is 10.1 Å². The first-order valence-electron chi connectivity index (χ1n) is 12.5. The van der Waals surface area contributed by atoms with Gasteiger partial charge in [-0.05, 0) is 59.7 Å². The Morgan fingerprint density at radius 1 is 0.905 bits per heavy atom. The number of halogens is 1. The lowest BCUT2D eigenvalue weighted by molar-refractivity contribution is -0.385. The van der Waals surface area contributed by atoms with E-state index in [1.165, 1.54) is 36.4 Å². The van der Waals surface area contributed by atoms with Crippen LogP contribution in [-0.4, -0.2) is 28.9 Å². The van der Waals surface area contributed by atoms with Crippen LogP contribution in [0.1, 0.15) is 27.0 Å². The molecule has 0 unspecified atom stereocenters. The van der Waals surface area contributed by atoms with E-state index in [9.17, 15) is 24.5 Å². The van der Waals surface area contributed by atoms with Crippen molar-refractivity contribution >= 4 is 53.0 Å². The van der Waals surface area contributed by atoms with Crippen molar-refractivity contribution in [1.82, 2.24) is 5.43 Å². The molecule has 11 heteroatoms. The lowest BCUT2D eigenvalue weighted by atomic mass is 10.1. The van der Waals surface area contributed by atoms with Crippen molar-refractivity contribution in [3.63, 3.8) is 0 Å². The number of nitro groups is 1. The van der Waals surface area contributed by atoms with E-state index < -0.39 is 22.5 Å². The van der Waals surface area contributed by atoms with Crippen molar-refractivity contribution in [3.8, 4) is 5.75 Å². The van der Waals surface area contributed by atoms with Crippen molar-refractivity contribution in [2.75, 3.05) is 5.32 Å². The third kappa shape index (κ3) is 8.44. The number of amides is 2. The number of esters is 1. The molecule has 0 saturated heterocycles. The number of nitrogens with zero attached hydrogens (tertiary/aromatic N) is 2. The second-order valence-corrected chi connectivity index (χ2v) is 9.18. The highest BCUT2D eigenvalue weighted by atomic mass is 35.5. The Morgan fingerprint density at radius 2 is 1.62 bits per heavy atom. The zero-order chi connectivity index (χ0) is 29.9. The standard InChI is InChI=1S/C31H23ClN4O6/c32-25-14-9-21(10-15-25)11-18-29(38)42-30-24(7-4-8-27(30)36(40)41)20-33-35-31(39)23-12-16-26(17-13-23)34-28(37)19-22-5-2-1-3-6-22/h1-18,20H,19H2,(H,34,37)(H,35,39)/b18-11+,33-20+. The molecule has 0 aliphatic heterocycles. The molecule has 0 aliphatic rings. The van der Waals surface area contributed by atoms with Crippen LogP contribution < -0.4 is 15.5 Å². The molecule has 0 radical (unpaired) electrons. The number of carbonyl (C=O) groups excluding carboxylic acids is 3. The first-order valence-corrected chi connectivity index (χ1v) is 12.9. The SMILES string of the molecule is O=C(Cc1ccccc1)Nc1ccc(C(=O)N/N=C/c2cccc([N+](=O)[O-])c2OC(=O)/C=C/c2ccc(Cl)cc2)cc1. The van der Waals surface area contributed by atoms with Crippen LogP contribution in [0.2, 0.25) is 5.02 Å². The molecule has 4 aromatic carbocycles. The molecule has 2 N–H and O–H groups in total. The average molecular weight is 583 g/mol. The van der Waals surface area contributed by atoms with Crippen LogP contribution >= 0.6 is 11.6 Å². The summed E-state index contributed by atoms with van der Waals surface area (Å²) < 4.78 is 5.28. The lowest BCUT2D eigenvalue weighted by Gasteiger charge is -2.07. The van der Waals surface area contributed by atoms with Gasteiger partial charge in [0.1, 0.15) is 0 Å². The molecule has 0 atom stereocenters. The summed E-state index contributed by atoms with van der Waals surface area (Å²) in [6, 6.07) is 26.2. The Balaban J connectivity index is 1.39. The van der Waals surface area contributed by atoms with Gasteiger partial charge in [-0.25, -0.2) is 10.2 Å². The Labute approximate surface area is 245 Å². The Bertz CT molecular complexity index is 1650. The second-order valence-electron chi connectivity index (χ2n) is 8.75. The van der Waals surface area contributed by atoms with Gasteiger partial charge >= 0.3 is 11.7 Å². The number of nitro benzene ring substituents is 1. The third-order valence-corrected chi connectivity index (χ3v) is 5.97. The Kier molecular flexibility index (Phi) is 9.90. The minimum atomic E-state index is -0.853. The van der Waals surface area contributed by atoms with Crippen LogP contribution in [-0.2, 0) is 16.0 Å². The van der Waals surface area contributed by atoms with E-state index in [1.54, 1.807) is 36.4 Å². The van der Waals surface area contributed by atoms with Gasteiger partial charge in [-0.2, -0.15) is 5.10 Å². The fourth-order valence-corrected chi connectivity index (χ4v) is 3.81. The minimum Gasteiger partial charge on any atom is -0.415 e. The fraction of sp³-hybridized carbons (Fsp3) is 0.0323. The molecule has 0 heterocycles. The van der Waals surface area contributed by atoms with Gasteiger partial charge in [-0.3, -0.25) is 19.7 Å². The van der Waals surface area contributed by atoms with Crippen LogP contribution in [0, 0.1) is 10.1 Å². The highest BCUT2D eigenvalue weighted by Gasteiger charge is 2.20. The fourth-order valence-electron chi connectivity index (χ4n) is 3.69. The zero-order valence-electron chi connectivity index (χ0n) is 21.9. The number of anilines is 1. The van der Waals surface area contributed by atoms with Crippen molar-refractivity contribution in [3.05, 3.63) is 141 Å². The summed E-state index contributed by atoms with van der Waals surface area (Å²) in [4.78, 5) is 48.1. The smallest absolute Gasteiger partial charge is 0.336 e. The van der Waals surface area contributed by atoms with Crippen molar-refractivity contribution in [1.29, 1.82) is 0 Å². The molecular weight excluding hydrogens is 560 g/mol. The number of hydrogen-bond acceptors (Lipinski definition) is 7. The molecule has 0 aliphatic carbocycles. The van der Waals surface area contributed by atoms with Crippen LogP contribution in [0.4, 0.5) is 11.4 Å². The maximum absolute atomic E-state index is 12.6. The molecule has 0 bridgehead atoms. The molecule has 0 fully saturated rings. The molecule has 0 aromatic heterocycles. The largest absolute Gasteiger partial charge is 0.415 e. The molecule has 210 valence electrons. The van der Waals surface area contributed by atoms with E-state index in [4.69, 9.17) is 16.3 Å².